The van der Waals surface area contributed by atoms with Gasteiger partial charge in [0, 0.05) is 31.8 Å². The third kappa shape index (κ3) is 3.36. The third-order valence-corrected chi connectivity index (χ3v) is 5.17. The first-order valence-electron chi connectivity index (χ1n) is 9.00. The number of nitrogens with two attached hydrogens (primary N) is 1. The zero-order chi connectivity index (χ0) is 19.0. The van der Waals surface area contributed by atoms with Gasteiger partial charge in [-0.05, 0) is 29.8 Å². The van der Waals surface area contributed by atoms with Crippen LogP contribution < -0.4 is 20.7 Å². The van der Waals surface area contributed by atoms with Crippen LogP contribution in [-0.2, 0) is 0 Å². The van der Waals surface area contributed by atoms with E-state index in [4.69, 9.17) is 15.5 Å². The Kier molecular flexibility index (Phi) is 4.72. The molecule has 0 aliphatic carbocycles. The first kappa shape index (κ1) is 17.8. The lowest BCUT2D eigenvalue weighted by molar-refractivity contribution is 0.180. The van der Waals surface area contributed by atoms with Crippen LogP contribution in [-0.4, -0.2) is 42.4 Å². The van der Waals surface area contributed by atoms with Gasteiger partial charge in [0.05, 0.1) is 30.5 Å². The highest BCUT2D eigenvalue weighted by Gasteiger charge is 2.30. The van der Waals surface area contributed by atoms with E-state index in [-0.39, 0.29) is 17.9 Å². The van der Waals surface area contributed by atoms with Gasteiger partial charge in [-0.2, -0.15) is 0 Å². The molecule has 4 rings (SSSR count). The van der Waals surface area contributed by atoms with Crippen LogP contribution in [0.2, 0.25) is 0 Å². The fourth-order valence-corrected chi connectivity index (χ4v) is 3.70. The summed E-state index contributed by atoms with van der Waals surface area (Å²) in [6.07, 6.45) is 1.90. The van der Waals surface area contributed by atoms with Crippen LogP contribution in [0.4, 0.5) is 10.2 Å². The lowest BCUT2D eigenvalue weighted by Gasteiger charge is -2.19. The molecule has 142 valence electrons. The lowest BCUT2D eigenvalue weighted by Crippen LogP contribution is -2.32. The second-order valence-corrected chi connectivity index (χ2v) is 6.97. The van der Waals surface area contributed by atoms with Crippen LogP contribution in [0.15, 0.2) is 42.6 Å². The minimum absolute atomic E-state index is 0.0505. The fourth-order valence-electron chi connectivity index (χ4n) is 3.70. The average Bonchev–Trinajstić information content (AvgIpc) is 3.29. The fraction of sp³-hybridized carbons (Fsp3) is 0.350. The Labute approximate surface area is 157 Å². The van der Waals surface area contributed by atoms with Gasteiger partial charge in [0.25, 0.3) is 0 Å². The van der Waals surface area contributed by atoms with E-state index in [0.717, 1.165) is 17.1 Å². The first-order chi connectivity index (χ1) is 13.1. The van der Waals surface area contributed by atoms with Gasteiger partial charge in [-0.25, -0.2) is 9.37 Å². The molecule has 3 heterocycles. The largest absolute Gasteiger partial charge is 0.496 e. The Bertz CT molecular complexity index is 863. The number of hydrogen-bond donors (Lipinski definition) is 3. The van der Waals surface area contributed by atoms with E-state index < -0.39 is 6.10 Å². The summed E-state index contributed by atoms with van der Waals surface area (Å²) in [5.74, 6) is 1.01. The minimum Gasteiger partial charge on any atom is -0.496 e. The van der Waals surface area contributed by atoms with Crippen LogP contribution in [0.1, 0.15) is 23.7 Å². The molecular formula is C20H23FN4O2. The minimum atomic E-state index is -0.540. The number of aromatic nitrogens is 1. The molecule has 6 nitrogen and oxygen atoms in total. The molecule has 3 unspecified atom stereocenters. The van der Waals surface area contributed by atoms with Gasteiger partial charge >= 0.3 is 0 Å². The van der Waals surface area contributed by atoms with Gasteiger partial charge in [-0.15, -0.1) is 0 Å². The van der Waals surface area contributed by atoms with E-state index in [1.165, 1.54) is 6.07 Å². The SMILES string of the molecule is COc1cccc(F)c1C1=CNC(c2cccc(N3CC(N)C(O)C3)n2)C1. The molecule has 0 radical (unpaired) electrons. The molecule has 7 heteroatoms. The molecule has 4 N–H and O–H groups in total. The molecule has 0 amide bonds. The monoisotopic (exact) mass is 370 g/mol. The molecule has 1 aromatic heterocycles. The predicted octanol–water partition coefficient (Wildman–Crippen LogP) is 1.81. The Morgan fingerprint density at radius 1 is 1.26 bits per heavy atom. The van der Waals surface area contributed by atoms with Crippen LogP contribution in [0.5, 0.6) is 5.75 Å². The van der Waals surface area contributed by atoms with Gasteiger partial charge in [-0.3, -0.25) is 0 Å². The summed E-state index contributed by atoms with van der Waals surface area (Å²) in [7, 11) is 1.54. The lowest BCUT2D eigenvalue weighted by atomic mass is 9.99. The van der Waals surface area contributed by atoms with Crippen molar-refractivity contribution in [3.05, 3.63) is 59.7 Å². The summed E-state index contributed by atoms with van der Waals surface area (Å²) in [6.45, 7) is 1.05. The highest BCUT2D eigenvalue weighted by Crippen LogP contribution is 2.37. The Morgan fingerprint density at radius 3 is 2.81 bits per heavy atom. The van der Waals surface area contributed by atoms with Crippen molar-refractivity contribution in [1.29, 1.82) is 0 Å². The summed E-state index contributed by atoms with van der Waals surface area (Å²) >= 11 is 0. The van der Waals surface area contributed by atoms with Crippen LogP contribution in [0.25, 0.3) is 5.57 Å². The van der Waals surface area contributed by atoms with Gasteiger partial charge in [0.15, 0.2) is 0 Å². The molecule has 2 aliphatic rings. The van der Waals surface area contributed by atoms with Gasteiger partial charge in [0.1, 0.15) is 17.4 Å². The number of rotatable bonds is 4. The average molecular weight is 370 g/mol. The maximum absolute atomic E-state index is 14.4. The number of aliphatic hydroxyl groups is 1. The molecule has 1 aromatic carbocycles. The summed E-state index contributed by atoms with van der Waals surface area (Å²) in [6, 6.07) is 10.3. The van der Waals surface area contributed by atoms with Gasteiger partial charge in [0.2, 0.25) is 0 Å². The first-order valence-corrected chi connectivity index (χ1v) is 9.00. The van der Waals surface area contributed by atoms with Crippen LogP contribution >= 0.6 is 0 Å². The number of methoxy groups -OCH3 is 1. The number of benzene rings is 1. The van der Waals surface area contributed by atoms with Crippen LogP contribution in [0, 0.1) is 5.82 Å². The van der Waals surface area contributed by atoms with Crippen molar-refractivity contribution < 1.29 is 14.2 Å². The topological polar surface area (TPSA) is 83.6 Å². The van der Waals surface area contributed by atoms with Crippen LogP contribution in [0.3, 0.4) is 0 Å². The summed E-state index contributed by atoms with van der Waals surface area (Å²) in [4.78, 5) is 6.73. The maximum atomic E-state index is 14.4. The number of ether oxygens (including phenoxy) is 1. The second-order valence-electron chi connectivity index (χ2n) is 6.97. The number of aliphatic hydroxyl groups excluding tert-OH is 1. The maximum Gasteiger partial charge on any atom is 0.134 e. The quantitative estimate of drug-likeness (QED) is 0.761. The number of β-amino-alcohol motifs (C(OH)–C–C–N with tert-alkyl or cyclic N) is 1. The van der Waals surface area contributed by atoms with Crippen molar-refractivity contribution in [2.45, 2.75) is 24.6 Å². The zero-order valence-corrected chi connectivity index (χ0v) is 15.1. The second kappa shape index (κ2) is 7.17. The Balaban J connectivity index is 1.53. The van der Waals surface area contributed by atoms with Crippen molar-refractivity contribution in [2.75, 3.05) is 25.1 Å². The summed E-state index contributed by atoms with van der Waals surface area (Å²) < 4.78 is 19.7. The zero-order valence-electron chi connectivity index (χ0n) is 15.1. The number of hydrogen-bond acceptors (Lipinski definition) is 6. The molecule has 27 heavy (non-hydrogen) atoms. The molecule has 0 saturated carbocycles. The molecule has 2 aliphatic heterocycles. The third-order valence-electron chi connectivity index (χ3n) is 5.17. The van der Waals surface area contributed by atoms with E-state index in [9.17, 15) is 9.50 Å². The van der Waals surface area contributed by atoms with E-state index >= 15 is 0 Å². The molecule has 1 fully saturated rings. The number of halogens is 1. The van der Waals surface area contributed by atoms with E-state index in [1.807, 2.05) is 29.3 Å². The van der Waals surface area contributed by atoms with Gasteiger partial charge < -0.3 is 25.8 Å². The molecule has 3 atom stereocenters. The highest BCUT2D eigenvalue weighted by atomic mass is 19.1. The predicted molar refractivity (Wildman–Crippen MR) is 102 cm³/mol. The number of nitrogens with zero attached hydrogens (tertiary/aromatic N) is 2. The summed E-state index contributed by atoms with van der Waals surface area (Å²) in [5.41, 5.74) is 8.10. The van der Waals surface area contributed by atoms with E-state index in [1.54, 1.807) is 19.2 Å². The molecule has 0 bridgehead atoms. The molecule has 2 aromatic rings. The van der Waals surface area contributed by atoms with Crippen molar-refractivity contribution in [1.82, 2.24) is 10.3 Å². The number of anilines is 1. The molecule has 0 spiro atoms. The smallest absolute Gasteiger partial charge is 0.134 e. The highest BCUT2D eigenvalue weighted by molar-refractivity contribution is 5.73. The van der Waals surface area contributed by atoms with Crippen molar-refractivity contribution in [3.8, 4) is 5.75 Å². The number of nitrogens with one attached hydrogen (secondary N) is 1. The normalized spacial score (nSPS) is 24.7. The van der Waals surface area contributed by atoms with E-state index in [2.05, 4.69) is 5.32 Å². The van der Waals surface area contributed by atoms with Crippen molar-refractivity contribution >= 4 is 11.4 Å². The van der Waals surface area contributed by atoms with Crippen molar-refractivity contribution in [3.63, 3.8) is 0 Å². The molecule has 1 saturated heterocycles. The number of pyridine rings is 1. The van der Waals surface area contributed by atoms with E-state index in [0.29, 0.717) is 30.8 Å². The molecular weight excluding hydrogens is 347 g/mol. The van der Waals surface area contributed by atoms with Gasteiger partial charge in [-0.1, -0.05) is 12.1 Å². The summed E-state index contributed by atoms with van der Waals surface area (Å²) in [5, 5.41) is 13.2. The Morgan fingerprint density at radius 2 is 2.07 bits per heavy atom. The standard InChI is InChI=1S/C20H23FN4O2/c1-27-18-6-2-4-13(21)20(18)12-8-16(23-9-12)15-5-3-7-19(24-15)25-10-14(22)17(26)11-25/h2-7,9,14,16-17,23,26H,8,10-11,22H2,1H3. The van der Waals surface area contributed by atoms with Crippen molar-refractivity contribution in [2.24, 2.45) is 5.73 Å². The Hall–Kier alpha value is -2.64.